The predicted octanol–water partition coefficient (Wildman–Crippen LogP) is 3.69. The second kappa shape index (κ2) is 5.60. The number of fused-ring (bicyclic) bond motifs is 1. The predicted molar refractivity (Wildman–Crippen MR) is 87.0 cm³/mol. The number of thiophene rings is 1. The van der Waals surface area contributed by atoms with Crippen LogP contribution in [0, 0.1) is 6.92 Å². The summed E-state index contributed by atoms with van der Waals surface area (Å²) in [5.74, 6) is 0. The first-order chi connectivity index (χ1) is 10.1. The molecule has 1 N–H and O–H groups in total. The fourth-order valence-corrected chi connectivity index (χ4v) is 4.41. The molecule has 0 aliphatic rings. The van der Waals surface area contributed by atoms with Gasteiger partial charge in [-0.1, -0.05) is 36.4 Å². The Bertz CT molecular complexity index is 877. The van der Waals surface area contributed by atoms with Crippen molar-refractivity contribution in [3.63, 3.8) is 0 Å². The van der Waals surface area contributed by atoms with Crippen molar-refractivity contribution in [2.45, 2.75) is 18.4 Å². The monoisotopic (exact) mass is 317 g/mol. The molecule has 0 atom stereocenters. The van der Waals surface area contributed by atoms with Gasteiger partial charge in [-0.2, -0.15) is 0 Å². The molecule has 21 heavy (non-hydrogen) atoms. The lowest BCUT2D eigenvalue weighted by molar-refractivity contribution is 0.582. The van der Waals surface area contributed by atoms with Crippen molar-refractivity contribution in [2.24, 2.45) is 0 Å². The van der Waals surface area contributed by atoms with Crippen molar-refractivity contribution in [3.8, 4) is 0 Å². The number of benzene rings is 2. The van der Waals surface area contributed by atoms with Crippen LogP contribution in [-0.2, 0) is 16.6 Å². The van der Waals surface area contributed by atoms with Crippen molar-refractivity contribution < 1.29 is 8.42 Å². The van der Waals surface area contributed by atoms with E-state index in [1.54, 1.807) is 23.5 Å². The van der Waals surface area contributed by atoms with Crippen LogP contribution in [0.15, 0.2) is 58.8 Å². The maximum absolute atomic E-state index is 12.5. The topological polar surface area (TPSA) is 46.2 Å². The maximum atomic E-state index is 12.5. The largest absolute Gasteiger partial charge is 0.241 e. The van der Waals surface area contributed by atoms with Gasteiger partial charge in [0.05, 0.1) is 4.90 Å². The number of hydrogen-bond acceptors (Lipinski definition) is 3. The molecule has 3 rings (SSSR count). The Labute approximate surface area is 128 Å². The van der Waals surface area contributed by atoms with Crippen LogP contribution in [0.5, 0.6) is 0 Å². The molecular formula is C16H15NO2S2. The third-order valence-electron chi connectivity index (χ3n) is 3.43. The number of sulfonamides is 1. The smallest absolute Gasteiger partial charge is 0.207 e. The first-order valence-electron chi connectivity index (χ1n) is 6.58. The van der Waals surface area contributed by atoms with E-state index >= 15 is 0 Å². The molecular weight excluding hydrogens is 302 g/mol. The highest BCUT2D eigenvalue weighted by molar-refractivity contribution is 7.89. The molecule has 108 valence electrons. The Hall–Kier alpha value is -1.69. The molecule has 0 saturated heterocycles. The van der Waals surface area contributed by atoms with Gasteiger partial charge in [0, 0.05) is 16.8 Å². The van der Waals surface area contributed by atoms with Gasteiger partial charge in [-0.15, -0.1) is 11.3 Å². The quantitative estimate of drug-likeness (QED) is 0.797. The standard InChI is InChI=1S/C16H15NO2S2/c1-12-9-10-20-15(12)11-17-21(18,19)16-8-4-6-13-5-2-3-7-14(13)16/h2-10,17H,11H2,1H3. The van der Waals surface area contributed by atoms with Crippen molar-refractivity contribution in [2.75, 3.05) is 0 Å². The van der Waals surface area contributed by atoms with Gasteiger partial charge in [0.15, 0.2) is 0 Å². The van der Waals surface area contributed by atoms with Crippen LogP contribution in [0.1, 0.15) is 10.4 Å². The van der Waals surface area contributed by atoms with Crippen LogP contribution in [0.25, 0.3) is 10.8 Å². The molecule has 0 radical (unpaired) electrons. The molecule has 2 aromatic carbocycles. The molecule has 0 unspecified atom stereocenters. The van der Waals surface area contributed by atoms with Gasteiger partial charge in [-0.3, -0.25) is 0 Å². The van der Waals surface area contributed by atoms with Gasteiger partial charge in [0.2, 0.25) is 10.0 Å². The molecule has 0 saturated carbocycles. The highest BCUT2D eigenvalue weighted by Gasteiger charge is 2.17. The van der Waals surface area contributed by atoms with Crippen molar-refractivity contribution in [1.82, 2.24) is 4.72 Å². The normalized spacial score (nSPS) is 11.9. The van der Waals surface area contributed by atoms with Gasteiger partial charge in [-0.05, 0) is 35.4 Å². The van der Waals surface area contributed by atoms with E-state index in [0.29, 0.717) is 11.4 Å². The van der Waals surface area contributed by atoms with E-state index in [2.05, 4.69) is 4.72 Å². The van der Waals surface area contributed by atoms with Crippen LogP contribution in [-0.4, -0.2) is 8.42 Å². The second-order valence-electron chi connectivity index (χ2n) is 4.83. The number of nitrogens with one attached hydrogen (secondary N) is 1. The zero-order valence-electron chi connectivity index (χ0n) is 11.5. The Morgan fingerprint density at radius 1 is 1.05 bits per heavy atom. The van der Waals surface area contributed by atoms with E-state index < -0.39 is 10.0 Å². The molecule has 3 aromatic rings. The number of aryl methyl sites for hydroxylation is 1. The fraction of sp³-hybridized carbons (Fsp3) is 0.125. The molecule has 0 fully saturated rings. The lowest BCUT2D eigenvalue weighted by atomic mass is 10.1. The Balaban J connectivity index is 1.95. The first-order valence-corrected chi connectivity index (χ1v) is 8.94. The first kappa shape index (κ1) is 14.3. The van der Waals surface area contributed by atoms with E-state index in [9.17, 15) is 8.42 Å². The lowest BCUT2D eigenvalue weighted by Gasteiger charge is -2.09. The van der Waals surface area contributed by atoms with E-state index in [1.807, 2.05) is 48.7 Å². The average Bonchev–Trinajstić information content (AvgIpc) is 2.90. The third-order valence-corrected chi connectivity index (χ3v) is 5.91. The van der Waals surface area contributed by atoms with Crippen molar-refractivity contribution in [1.29, 1.82) is 0 Å². The van der Waals surface area contributed by atoms with Crippen molar-refractivity contribution in [3.05, 3.63) is 64.4 Å². The summed E-state index contributed by atoms with van der Waals surface area (Å²) in [5, 5.41) is 3.64. The third kappa shape index (κ3) is 2.85. The molecule has 0 bridgehead atoms. The van der Waals surface area contributed by atoms with Gasteiger partial charge in [-0.25, -0.2) is 13.1 Å². The molecule has 0 spiro atoms. The van der Waals surface area contributed by atoms with E-state index in [0.717, 1.165) is 21.2 Å². The van der Waals surface area contributed by atoms with Gasteiger partial charge >= 0.3 is 0 Å². The Morgan fingerprint density at radius 2 is 1.81 bits per heavy atom. The fourth-order valence-electron chi connectivity index (χ4n) is 2.25. The molecule has 1 aromatic heterocycles. The Kier molecular flexibility index (Phi) is 3.80. The summed E-state index contributed by atoms with van der Waals surface area (Å²) in [6.07, 6.45) is 0. The lowest BCUT2D eigenvalue weighted by Crippen LogP contribution is -2.23. The second-order valence-corrected chi connectivity index (χ2v) is 7.56. The van der Waals surface area contributed by atoms with Crippen LogP contribution < -0.4 is 4.72 Å². The minimum atomic E-state index is -3.52. The van der Waals surface area contributed by atoms with Gasteiger partial charge in [0.25, 0.3) is 0 Å². The van der Waals surface area contributed by atoms with Crippen LogP contribution in [0.4, 0.5) is 0 Å². The minimum absolute atomic E-state index is 0.328. The summed E-state index contributed by atoms with van der Waals surface area (Å²) in [4.78, 5) is 1.37. The SMILES string of the molecule is Cc1ccsc1CNS(=O)(=O)c1cccc2ccccc12. The minimum Gasteiger partial charge on any atom is -0.207 e. The summed E-state index contributed by atoms with van der Waals surface area (Å²) >= 11 is 1.56. The molecule has 1 heterocycles. The average molecular weight is 317 g/mol. The summed E-state index contributed by atoms with van der Waals surface area (Å²) in [6.45, 7) is 2.31. The summed E-state index contributed by atoms with van der Waals surface area (Å²) in [6, 6.07) is 14.8. The zero-order chi connectivity index (χ0) is 14.9. The van der Waals surface area contributed by atoms with Crippen LogP contribution in [0.3, 0.4) is 0 Å². The molecule has 3 nitrogen and oxygen atoms in total. The Morgan fingerprint density at radius 3 is 2.57 bits per heavy atom. The molecule has 5 heteroatoms. The van der Waals surface area contributed by atoms with Crippen LogP contribution >= 0.6 is 11.3 Å². The highest BCUT2D eigenvalue weighted by atomic mass is 32.2. The highest BCUT2D eigenvalue weighted by Crippen LogP contribution is 2.23. The van der Waals surface area contributed by atoms with E-state index in [4.69, 9.17) is 0 Å². The van der Waals surface area contributed by atoms with Gasteiger partial charge < -0.3 is 0 Å². The maximum Gasteiger partial charge on any atom is 0.241 e. The molecule has 0 aliphatic heterocycles. The number of hydrogen-bond donors (Lipinski definition) is 1. The zero-order valence-corrected chi connectivity index (χ0v) is 13.2. The summed E-state index contributed by atoms with van der Waals surface area (Å²) in [5.41, 5.74) is 1.11. The van der Waals surface area contributed by atoms with Crippen LogP contribution in [0.2, 0.25) is 0 Å². The van der Waals surface area contributed by atoms with Crippen molar-refractivity contribution >= 4 is 32.1 Å². The molecule has 0 amide bonds. The molecule has 0 aliphatic carbocycles. The van der Waals surface area contributed by atoms with E-state index in [-0.39, 0.29) is 0 Å². The van der Waals surface area contributed by atoms with E-state index in [1.165, 1.54) is 0 Å². The summed E-state index contributed by atoms with van der Waals surface area (Å²) < 4.78 is 27.8. The summed E-state index contributed by atoms with van der Waals surface area (Å²) in [7, 11) is -3.52. The number of rotatable bonds is 4. The van der Waals surface area contributed by atoms with Gasteiger partial charge in [0.1, 0.15) is 0 Å².